The van der Waals surface area contributed by atoms with Crippen molar-refractivity contribution in [3.8, 4) is 0 Å². The normalized spacial score (nSPS) is 16.2. The molecule has 0 unspecified atom stereocenters. The SMILES string of the molecule is Cc1cc(C)c(S(=O)(=O)NC[C@@H](c2ccco2)N2CCN(c3ccccc3F)CC2)c(C)c1. The van der Waals surface area contributed by atoms with Gasteiger partial charge in [-0.25, -0.2) is 17.5 Å². The number of nitrogens with one attached hydrogen (secondary N) is 1. The van der Waals surface area contributed by atoms with Crippen molar-refractivity contribution in [1.29, 1.82) is 0 Å². The van der Waals surface area contributed by atoms with Crippen molar-refractivity contribution >= 4 is 15.7 Å². The Morgan fingerprint density at radius 2 is 1.67 bits per heavy atom. The molecule has 1 N–H and O–H groups in total. The van der Waals surface area contributed by atoms with Gasteiger partial charge in [-0.15, -0.1) is 0 Å². The number of aryl methyl sites for hydroxylation is 3. The summed E-state index contributed by atoms with van der Waals surface area (Å²) in [6.45, 7) is 8.37. The van der Waals surface area contributed by atoms with Crippen LogP contribution in [0.5, 0.6) is 0 Å². The molecule has 8 heteroatoms. The zero-order valence-corrected chi connectivity index (χ0v) is 20.0. The quantitative estimate of drug-likeness (QED) is 0.560. The molecule has 0 radical (unpaired) electrons. The van der Waals surface area contributed by atoms with E-state index in [4.69, 9.17) is 4.42 Å². The first-order valence-electron chi connectivity index (χ1n) is 11.1. The number of halogens is 1. The second-order valence-electron chi connectivity index (χ2n) is 8.59. The van der Waals surface area contributed by atoms with Crippen LogP contribution in [-0.4, -0.2) is 46.0 Å². The highest BCUT2D eigenvalue weighted by atomic mass is 32.2. The average Bonchev–Trinajstić information content (AvgIpc) is 3.28. The van der Waals surface area contributed by atoms with Crippen LogP contribution in [0.1, 0.15) is 28.5 Å². The van der Waals surface area contributed by atoms with Crippen LogP contribution in [0.4, 0.5) is 10.1 Å². The van der Waals surface area contributed by atoms with Crippen LogP contribution in [-0.2, 0) is 10.0 Å². The highest BCUT2D eigenvalue weighted by Gasteiger charge is 2.30. The number of hydrogen-bond donors (Lipinski definition) is 1. The van der Waals surface area contributed by atoms with Gasteiger partial charge in [0.25, 0.3) is 0 Å². The summed E-state index contributed by atoms with van der Waals surface area (Å²) in [7, 11) is -3.70. The van der Waals surface area contributed by atoms with Crippen LogP contribution in [0.2, 0.25) is 0 Å². The first-order valence-corrected chi connectivity index (χ1v) is 12.6. The maximum atomic E-state index is 14.2. The van der Waals surface area contributed by atoms with Crippen LogP contribution in [0.3, 0.4) is 0 Å². The molecule has 6 nitrogen and oxygen atoms in total. The van der Waals surface area contributed by atoms with Crippen LogP contribution < -0.4 is 9.62 Å². The number of benzene rings is 2. The van der Waals surface area contributed by atoms with E-state index in [2.05, 4.69) is 9.62 Å². The Bertz CT molecular complexity index is 1180. The largest absolute Gasteiger partial charge is 0.468 e. The smallest absolute Gasteiger partial charge is 0.241 e. The molecular weight excluding hydrogens is 441 g/mol. The Labute approximate surface area is 195 Å². The second-order valence-corrected chi connectivity index (χ2v) is 10.3. The van der Waals surface area contributed by atoms with Crippen LogP contribution in [0, 0.1) is 26.6 Å². The molecule has 0 aliphatic carbocycles. The summed E-state index contributed by atoms with van der Waals surface area (Å²) in [5.41, 5.74) is 3.09. The van der Waals surface area contributed by atoms with E-state index >= 15 is 0 Å². The molecule has 2 heterocycles. The van der Waals surface area contributed by atoms with Gasteiger partial charge in [0.05, 0.1) is 22.9 Å². The zero-order chi connectivity index (χ0) is 23.6. The van der Waals surface area contributed by atoms with Gasteiger partial charge in [0.2, 0.25) is 10.0 Å². The average molecular weight is 472 g/mol. The van der Waals surface area contributed by atoms with E-state index < -0.39 is 10.0 Å². The molecular formula is C25H30FN3O3S. The van der Waals surface area contributed by atoms with Crippen molar-refractivity contribution in [3.05, 3.63) is 83.1 Å². The molecule has 0 spiro atoms. The van der Waals surface area contributed by atoms with E-state index in [9.17, 15) is 12.8 Å². The summed E-state index contributed by atoms with van der Waals surface area (Å²) < 4.78 is 49.1. The van der Waals surface area contributed by atoms with Crippen molar-refractivity contribution in [2.24, 2.45) is 0 Å². The van der Waals surface area contributed by atoms with Gasteiger partial charge in [0, 0.05) is 32.7 Å². The molecule has 1 fully saturated rings. The van der Waals surface area contributed by atoms with Crippen molar-refractivity contribution in [2.75, 3.05) is 37.6 Å². The van der Waals surface area contributed by atoms with Gasteiger partial charge in [-0.1, -0.05) is 29.8 Å². The molecule has 176 valence electrons. The van der Waals surface area contributed by atoms with Gasteiger partial charge in [-0.05, 0) is 56.2 Å². The highest BCUT2D eigenvalue weighted by molar-refractivity contribution is 7.89. The molecule has 1 aliphatic rings. The Morgan fingerprint density at radius 3 is 2.27 bits per heavy atom. The molecule has 1 aliphatic heterocycles. The van der Waals surface area contributed by atoms with Crippen LogP contribution in [0.15, 0.2) is 64.1 Å². The lowest BCUT2D eigenvalue weighted by Crippen LogP contribution is -2.50. The second kappa shape index (κ2) is 9.67. The molecule has 1 saturated heterocycles. The number of nitrogens with zero attached hydrogens (tertiary/aromatic N) is 2. The molecule has 33 heavy (non-hydrogen) atoms. The lowest BCUT2D eigenvalue weighted by molar-refractivity contribution is 0.166. The van der Waals surface area contributed by atoms with Gasteiger partial charge >= 0.3 is 0 Å². The van der Waals surface area contributed by atoms with Gasteiger partial charge in [-0.2, -0.15) is 0 Å². The van der Waals surface area contributed by atoms with E-state index in [-0.39, 0.29) is 18.4 Å². The monoisotopic (exact) mass is 471 g/mol. The van der Waals surface area contributed by atoms with Crippen molar-refractivity contribution in [2.45, 2.75) is 31.7 Å². The van der Waals surface area contributed by atoms with E-state index in [0.717, 1.165) is 16.7 Å². The molecule has 4 rings (SSSR count). The maximum Gasteiger partial charge on any atom is 0.241 e. The van der Waals surface area contributed by atoms with E-state index in [1.165, 1.54) is 6.07 Å². The minimum absolute atomic E-state index is 0.183. The fraction of sp³-hybridized carbons (Fsp3) is 0.360. The lowest BCUT2D eigenvalue weighted by Gasteiger charge is -2.39. The molecule has 1 aromatic heterocycles. The molecule has 0 saturated carbocycles. The third kappa shape index (κ3) is 5.13. The first kappa shape index (κ1) is 23.5. The third-order valence-electron chi connectivity index (χ3n) is 6.16. The highest BCUT2D eigenvalue weighted by Crippen LogP contribution is 2.27. The third-order valence-corrected chi connectivity index (χ3v) is 7.89. The van der Waals surface area contributed by atoms with Gasteiger partial charge in [-0.3, -0.25) is 4.90 Å². The lowest BCUT2D eigenvalue weighted by atomic mass is 10.1. The minimum Gasteiger partial charge on any atom is -0.468 e. The van der Waals surface area contributed by atoms with E-state index in [1.807, 2.05) is 49.9 Å². The van der Waals surface area contributed by atoms with Gasteiger partial charge in [0.15, 0.2) is 0 Å². The number of sulfonamides is 1. The Hall–Kier alpha value is -2.68. The van der Waals surface area contributed by atoms with Gasteiger partial charge < -0.3 is 9.32 Å². The van der Waals surface area contributed by atoms with E-state index in [0.29, 0.717) is 42.5 Å². The van der Waals surface area contributed by atoms with Crippen LogP contribution >= 0.6 is 0 Å². The predicted octanol–water partition coefficient (Wildman–Crippen LogP) is 4.19. The van der Waals surface area contributed by atoms with Crippen LogP contribution in [0.25, 0.3) is 0 Å². The fourth-order valence-electron chi connectivity index (χ4n) is 4.72. The van der Waals surface area contributed by atoms with Gasteiger partial charge in [0.1, 0.15) is 11.6 Å². The standard InChI is InChI=1S/C25H30FN3O3S/c1-18-15-19(2)25(20(3)16-18)33(30,31)27-17-23(24-9-6-14-32-24)29-12-10-28(11-13-29)22-8-5-4-7-21(22)26/h4-9,14-16,23,27H,10-13,17H2,1-3H3/t23-/m0/s1. The maximum absolute atomic E-state index is 14.2. The summed E-state index contributed by atoms with van der Waals surface area (Å²) in [4.78, 5) is 4.54. The zero-order valence-electron chi connectivity index (χ0n) is 19.2. The summed E-state index contributed by atoms with van der Waals surface area (Å²) in [5, 5.41) is 0. The van der Waals surface area contributed by atoms with Crippen molar-refractivity contribution in [1.82, 2.24) is 9.62 Å². The van der Waals surface area contributed by atoms with Crippen molar-refractivity contribution in [3.63, 3.8) is 0 Å². The number of para-hydroxylation sites is 1. The Morgan fingerprint density at radius 1 is 1.00 bits per heavy atom. The molecule has 1 atom stereocenters. The summed E-state index contributed by atoms with van der Waals surface area (Å²) >= 11 is 0. The molecule has 0 bridgehead atoms. The Kier molecular flexibility index (Phi) is 6.88. The Balaban J connectivity index is 1.50. The molecule has 0 amide bonds. The van der Waals surface area contributed by atoms with Crippen molar-refractivity contribution < 1.29 is 17.2 Å². The number of furan rings is 1. The number of anilines is 1. The summed E-state index contributed by atoms with van der Waals surface area (Å²) in [5.74, 6) is 0.472. The number of piperazine rings is 1. The first-order chi connectivity index (χ1) is 15.8. The van der Waals surface area contributed by atoms with E-state index in [1.54, 1.807) is 24.5 Å². The molecule has 2 aromatic carbocycles. The fourth-order valence-corrected chi connectivity index (χ4v) is 6.21. The number of hydrogen-bond acceptors (Lipinski definition) is 5. The topological polar surface area (TPSA) is 65.8 Å². The minimum atomic E-state index is -3.70. The summed E-state index contributed by atoms with van der Waals surface area (Å²) in [6.07, 6.45) is 1.60. The molecule has 3 aromatic rings. The number of rotatable bonds is 7. The summed E-state index contributed by atoms with van der Waals surface area (Å²) in [6, 6.07) is 14.0. The predicted molar refractivity (Wildman–Crippen MR) is 127 cm³/mol.